The van der Waals surface area contributed by atoms with E-state index >= 15 is 0 Å². The molecule has 0 saturated carbocycles. The number of hydrogen-bond donors (Lipinski definition) is 1. The SMILES string of the molecule is O=S(=O)(Cc1ccc(Cl)cc1)Nc1ccccc1Oc1ccccc1. The van der Waals surface area contributed by atoms with E-state index in [1.54, 1.807) is 60.7 Å². The maximum Gasteiger partial charge on any atom is 0.237 e. The third-order valence-corrected chi connectivity index (χ3v) is 4.89. The van der Waals surface area contributed by atoms with Crippen molar-refractivity contribution >= 4 is 27.3 Å². The molecule has 4 nitrogen and oxygen atoms in total. The first kappa shape index (κ1) is 17.3. The molecule has 0 bridgehead atoms. The van der Waals surface area contributed by atoms with Crippen LogP contribution in [0.2, 0.25) is 5.02 Å². The van der Waals surface area contributed by atoms with E-state index in [1.165, 1.54) is 0 Å². The largest absolute Gasteiger partial charge is 0.455 e. The van der Waals surface area contributed by atoms with Gasteiger partial charge < -0.3 is 4.74 Å². The van der Waals surface area contributed by atoms with Crippen molar-refractivity contribution < 1.29 is 13.2 Å². The first-order chi connectivity index (χ1) is 12.0. The topological polar surface area (TPSA) is 55.4 Å². The van der Waals surface area contributed by atoms with Gasteiger partial charge in [0.1, 0.15) is 5.75 Å². The van der Waals surface area contributed by atoms with Crippen LogP contribution in [0.1, 0.15) is 5.56 Å². The molecule has 0 radical (unpaired) electrons. The minimum atomic E-state index is -3.59. The summed E-state index contributed by atoms with van der Waals surface area (Å²) in [5.41, 5.74) is 1.04. The van der Waals surface area contributed by atoms with E-state index in [0.29, 0.717) is 27.8 Å². The van der Waals surface area contributed by atoms with Crippen molar-refractivity contribution in [2.75, 3.05) is 4.72 Å². The van der Waals surface area contributed by atoms with Crippen molar-refractivity contribution in [2.24, 2.45) is 0 Å². The number of nitrogens with one attached hydrogen (secondary N) is 1. The molecule has 3 aromatic carbocycles. The number of ether oxygens (including phenoxy) is 1. The smallest absolute Gasteiger partial charge is 0.237 e. The highest BCUT2D eigenvalue weighted by Crippen LogP contribution is 2.30. The fraction of sp³-hybridized carbons (Fsp3) is 0.0526. The Labute approximate surface area is 152 Å². The molecule has 3 rings (SSSR count). The molecular formula is C19H16ClNO3S. The summed E-state index contributed by atoms with van der Waals surface area (Å²) < 4.78 is 33.3. The van der Waals surface area contributed by atoms with Gasteiger partial charge in [-0.05, 0) is 42.0 Å². The lowest BCUT2D eigenvalue weighted by Crippen LogP contribution is -2.15. The molecular weight excluding hydrogens is 358 g/mol. The lowest BCUT2D eigenvalue weighted by molar-refractivity contribution is 0.485. The summed E-state index contributed by atoms with van der Waals surface area (Å²) in [4.78, 5) is 0. The van der Waals surface area contributed by atoms with Crippen LogP contribution in [0.4, 0.5) is 5.69 Å². The molecule has 3 aromatic rings. The van der Waals surface area contributed by atoms with Gasteiger partial charge in [0.05, 0.1) is 11.4 Å². The summed E-state index contributed by atoms with van der Waals surface area (Å²) in [6.07, 6.45) is 0. The van der Waals surface area contributed by atoms with E-state index in [9.17, 15) is 8.42 Å². The zero-order chi connectivity index (χ0) is 17.7. The molecule has 6 heteroatoms. The second kappa shape index (κ2) is 7.59. The van der Waals surface area contributed by atoms with Gasteiger partial charge in [-0.15, -0.1) is 0 Å². The van der Waals surface area contributed by atoms with Gasteiger partial charge in [0.15, 0.2) is 5.75 Å². The lowest BCUT2D eigenvalue weighted by atomic mass is 10.2. The Morgan fingerprint density at radius 2 is 1.48 bits per heavy atom. The van der Waals surface area contributed by atoms with Crippen LogP contribution in [0.5, 0.6) is 11.5 Å². The van der Waals surface area contributed by atoms with Crippen LogP contribution in [0.15, 0.2) is 78.9 Å². The predicted octanol–water partition coefficient (Wildman–Crippen LogP) is 5.07. The third-order valence-electron chi connectivity index (χ3n) is 3.39. The van der Waals surface area contributed by atoms with Crippen molar-refractivity contribution in [1.29, 1.82) is 0 Å². The third kappa shape index (κ3) is 4.98. The maximum absolute atomic E-state index is 12.5. The number of anilines is 1. The Bertz CT molecular complexity index is 942. The summed E-state index contributed by atoms with van der Waals surface area (Å²) >= 11 is 5.83. The van der Waals surface area contributed by atoms with Crippen molar-refractivity contribution in [3.8, 4) is 11.5 Å². The zero-order valence-corrected chi connectivity index (χ0v) is 14.8. The van der Waals surface area contributed by atoms with Gasteiger partial charge in [-0.1, -0.05) is 54.1 Å². The van der Waals surface area contributed by atoms with Crippen LogP contribution < -0.4 is 9.46 Å². The average Bonchev–Trinajstić information content (AvgIpc) is 2.59. The molecule has 0 amide bonds. The number of para-hydroxylation sites is 3. The minimum Gasteiger partial charge on any atom is -0.455 e. The average molecular weight is 374 g/mol. The Balaban J connectivity index is 1.79. The predicted molar refractivity (Wildman–Crippen MR) is 101 cm³/mol. The van der Waals surface area contributed by atoms with E-state index in [-0.39, 0.29) is 5.75 Å². The number of rotatable bonds is 6. The van der Waals surface area contributed by atoms with Gasteiger partial charge >= 0.3 is 0 Å². The second-order valence-corrected chi connectivity index (χ2v) is 7.56. The first-order valence-electron chi connectivity index (χ1n) is 7.59. The van der Waals surface area contributed by atoms with Crippen molar-refractivity contribution in [3.63, 3.8) is 0 Å². The number of benzene rings is 3. The lowest BCUT2D eigenvalue weighted by Gasteiger charge is -2.13. The molecule has 0 aliphatic rings. The molecule has 0 atom stereocenters. The van der Waals surface area contributed by atoms with Crippen LogP contribution in [-0.2, 0) is 15.8 Å². The summed E-state index contributed by atoms with van der Waals surface area (Å²) in [6.45, 7) is 0. The molecule has 1 N–H and O–H groups in total. The quantitative estimate of drug-likeness (QED) is 0.656. The molecule has 0 saturated heterocycles. The summed E-state index contributed by atoms with van der Waals surface area (Å²) in [7, 11) is -3.59. The van der Waals surface area contributed by atoms with Crippen LogP contribution in [0.25, 0.3) is 0 Å². The summed E-state index contributed by atoms with van der Waals surface area (Å²) in [6, 6.07) is 22.8. The normalized spacial score (nSPS) is 11.1. The summed E-state index contributed by atoms with van der Waals surface area (Å²) in [5, 5.41) is 0.565. The van der Waals surface area contributed by atoms with E-state index < -0.39 is 10.0 Å². The van der Waals surface area contributed by atoms with Gasteiger partial charge in [0.2, 0.25) is 10.0 Å². The Kier molecular flexibility index (Phi) is 5.26. The standard InChI is InChI=1S/C19H16ClNO3S/c20-16-12-10-15(11-13-16)14-25(22,23)21-18-8-4-5-9-19(18)24-17-6-2-1-3-7-17/h1-13,21H,14H2. The van der Waals surface area contributed by atoms with E-state index in [0.717, 1.165) is 0 Å². The second-order valence-electron chi connectivity index (χ2n) is 5.40. The van der Waals surface area contributed by atoms with Crippen LogP contribution in [0, 0.1) is 0 Å². The monoisotopic (exact) mass is 373 g/mol. The maximum atomic E-state index is 12.5. The van der Waals surface area contributed by atoms with Gasteiger partial charge in [-0.2, -0.15) is 0 Å². The van der Waals surface area contributed by atoms with Crippen LogP contribution in [0.3, 0.4) is 0 Å². The number of halogens is 1. The highest BCUT2D eigenvalue weighted by molar-refractivity contribution is 7.91. The van der Waals surface area contributed by atoms with Gasteiger partial charge in [0, 0.05) is 5.02 Å². The molecule has 128 valence electrons. The van der Waals surface area contributed by atoms with E-state index in [2.05, 4.69) is 4.72 Å². The van der Waals surface area contributed by atoms with Gasteiger partial charge in [-0.3, -0.25) is 4.72 Å². The molecule has 0 fully saturated rings. The molecule has 0 unspecified atom stereocenters. The molecule has 25 heavy (non-hydrogen) atoms. The van der Waals surface area contributed by atoms with Gasteiger partial charge in [-0.25, -0.2) is 8.42 Å². The summed E-state index contributed by atoms with van der Waals surface area (Å²) in [5.74, 6) is 0.921. The number of hydrogen-bond acceptors (Lipinski definition) is 3. The van der Waals surface area contributed by atoms with E-state index in [1.807, 2.05) is 18.2 Å². The highest BCUT2D eigenvalue weighted by atomic mass is 35.5. The molecule has 0 aliphatic carbocycles. The molecule has 0 aliphatic heterocycles. The van der Waals surface area contributed by atoms with Crippen LogP contribution in [-0.4, -0.2) is 8.42 Å². The fourth-order valence-corrected chi connectivity index (χ4v) is 3.59. The minimum absolute atomic E-state index is 0.149. The van der Waals surface area contributed by atoms with Crippen LogP contribution >= 0.6 is 11.6 Å². The van der Waals surface area contributed by atoms with Crippen molar-refractivity contribution in [1.82, 2.24) is 0 Å². The Morgan fingerprint density at radius 3 is 2.20 bits per heavy atom. The Hall–Kier alpha value is -2.50. The first-order valence-corrected chi connectivity index (χ1v) is 9.62. The molecule has 0 aromatic heterocycles. The van der Waals surface area contributed by atoms with Gasteiger partial charge in [0.25, 0.3) is 0 Å². The molecule has 0 spiro atoms. The van der Waals surface area contributed by atoms with Crippen molar-refractivity contribution in [2.45, 2.75) is 5.75 Å². The fourth-order valence-electron chi connectivity index (χ4n) is 2.26. The molecule has 0 heterocycles. The van der Waals surface area contributed by atoms with E-state index in [4.69, 9.17) is 16.3 Å². The zero-order valence-electron chi connectivity index (χ0n) is 13.2. The Morgan fingerprint density at radius 1 is 0.840 bits per heavy atom. The highest BCUT2D eigenvalue weighted by Gasteiger charge is 2.15. The number of sulfonamides is 1. The van der Waals surface area contributed by atoms with Crippen molar-refractivity contribution in [3.05, 3.63) is 89.4 Å².